The lowest BCUT2D eigenvalue weighted by molar-refractivity contribution is -0.385. The molecule has 108 valence electrons. The average molecular weight is 329 g/mol. The summed E-state index contributed by atoms with van der Waals surface area (Å²) in [5, 5.41) is 19.5. The molecule has 1 aromatic carbocycles. The van der Waals surface area contributed by atoms with Crippen molar-refractivity contribution in [3.8, 4) is 11.6 Å². The molecular weight excluding hydrogens is 323 g/mol. The summed E-state index contributed by atoms with van der Waals surface area (Å²) in [6.45, 7) is 0. The summed E-state index contributed by atoms with van der Waals surface area (Å²) >= 11 is 11.6. The number of carboxylic acid groups (broad SMARTS) is 1. The normalized spacial score (nSPS) is 10.2. The molecule has 1 aromatic heterocycles. The molecule has 2 rings (SSSR count). The number of halogens is 2. The van der Waals surface area contributed by atoms with E-state index in [9.17, 15) is 14.9 Å². The van der Waals surface area contributed by atoms with Crippen LogP contribution in [0.4, 0.5) is 5.69 Å². The van der Waals surface area contributed by atoms with Crippen LogP contribution in [0.25, 0.3) is 0 Å². The van der Waals surface area contributed by atoms with E-state index in [1.165, 1.54) is 18.2 Å². The summed E-state index contributed by atoms with van der Waals surface area (Å²) in [5.41, 5.74) is -0.429. The van der Waals surface area contributed by atoms with Crippen molar-refractivity contribution < 1.29 is 19.6 Å². The Morgan fingerprint density at radius 1 is 1.29 bits per heavy atom. The first-order valence-electron chi connectivity index (χ1n) is 5.39. The van der Waals surface area contributed by atoms with Crippen LogP contribution in [0.15, 0.2) is 30.5 Å². The molecule has 0 saturated carbocycles. The van der Waals surface area contributed by atoms with E-state index in [2.05, 4.69) is 4.98 Å². The molecule has 0 aliphatic carbocycles. The number of benzene rings is 1. The summed E-state index contributed by atoms with van der Waals surface area (Å²) in [7, 11) is 0. The molecule has 0 aliphatic rings. The molecule has 7 nitrogen and oxygen atoms in total. The van der Waals surface area contributed by atoms with E-state index in [-0.39, 0.29) is 32.9 Å². The van der Waals surface area contributed by atoms with Crippen LogP contribution in [0, 0.1) is 10.1 Å². The Bertz CT molecular complexity index is 736. The van der Waals surface area contributed by atoms with Crippen molar-refractivity contribution in [3.63, 3.8) is 0 Å². The quantitative estimate of drug-likeness (QED) is 0.676. The van der Waals surface area contributed by atoms with E-state index in [1.54, 1.807) is 0 Å². The molecule has 0 aliphatic heterocycles. The fourth-order valence-corrected chi connectivity index (χ4v) is 1.83. The van der Waals surface area contributed by atoms with E-state index in [0.717, 1.165) is 12.3 Å². The second-order valence-electron chi connectivity index (χ2n) is 3.79. The molecule has 21 heavy (non-hydrogen) atoms. The van der Waals surface area contributed by atoms with Crippen molar-refractivity contribution in [3.05, 3.63) is 56.2 Å². The number of aromatic carboxylic acids is 1. The van der Waals surface area contributed by atoms with Gasteiger partial charge in [0.05, 0.1) is 15.5 Å². The van der Waals surface area contributed by atoms with Gasteiger partial charge in [0.2, 0.25) is 5.88 Å². The Labute approximate surface area is 127 Å². The van der Waals surface area contributed by atoms with Crippen molar-refractivity contribution in [2.45, 2.75) is 0 Å². The highest BCUT2D eigenvalue weighted by molar-refractivity contribution is 6.33. The molecule has 0 amide bonds. The molecule has 0 radical (unpaired) electrons. The highest BCUT2D eigenvalue weighted by Gasteiger charge is 2.14. The lowest BCUT2D eigenvalue weighted by Gasteiger charge is -2.07. The average Bonchev–Trinajstić information content (AvgIpc) is 2.42. The van der Waals surface area contributed by atoms with E-state index in [4.69, 9.17) is 33.0 Å². The monoisotopic (exact) mass is 328 g/mol. The van der Waals surface area contributed by atoms with Crippen LogP contribution in [0.1, 0.15) is 10.4 Å². The van der Waals surface area contributed by atoms with Gasteiger partial charge in [0, 0.05) is 6.07 Å². The predicted molar refractivity (Wildman–Crippen MR) is 74.4 cm³/mol. The van der Waals surface area contributed by atoms with Crippen LogP contribution >= 0.6 is 23.2 Å². The number of ether oxygens (including phenoxy) is 1. The van der Waals surface area contributed by atoms with Gasteiger partial charge in [-0.2, -0.15) is 0 Å². The van der Waals surface area contributed by atoms with Crippen LogP contribution in [-0.2, 0) is 0 Å². The van der Waals surface area contributed by atoms with Gasteiger partial charge in [0.1, 0.15) is 17.0 Å². The number of nitrogens with zero attached hydrogens (tertiary/aromatic N) is 2. The van der Waals surface area contributed by atoms with Gasteiger partial charge in [0.15, 0.2) is 0 Å². The third kappa shape index (κ3) is 3.39. The zero-order chi connectivity index (χ0) is 15.6. The third-order valence-corrected chi connectivity index (χ3v) is 2.99. The Balaban J connectivity index is 2.32. The first-order valence-corrected chi connectivity index (χ1v) is 6.14. The zero-order valence-electron chi connectivity index (χ0n) is 10.1. The molecule has 1 N–H and O–H groups in total. The zero-order valence-corrected chi connectivity index (χ0v) is 11.6. The highest BCUT2D eigenvalue weighted by Crippen LogP contribution is 2.31. The molecule has 0 saturated heterocycles. The second-order valence-corrected chi connectivity index (χ2v) is 4.60. The van der Waals surface area contributed by atoms with Crippen LogP contribution in [0.3, 0.4) is 0 Å². The molecule has 0 atom stereocenters. The first-order chi connectivity index (χ1) is 9.88. The standard InChI is InChI=1S/C12H6Cl2N2O5/c13-9-2-1-7(4-8(9)12(17)18)21-11-10(14)3-6(5-15-11)16(19)20/h1-5H,(H,17,18). The fraction of sp³-hybridized carbons (Fsp3) is 0. The summed E-state index contributed by atoms with van der Waals surface area (Å²) in [6, 6.07) is 5.05. The SMILES string of the molecule is O=C(O)c1cc(Oc2ncc([N+](=O)[O-])cc2Cl)ccc1Cl. The highest BCUT2D eigenvalue weighted by atomic mass is 35.5. The van der Waals surface area contributed by atoms with Crippen LogP contribution < -0.4 is 4.74 Å². The minimum Gasteiger partial charge on any atom is -0.478 e. The smallest absolute Gasteiger partial charge is 0.337 e. The van der Waals surface area contributed by atoms with Crippen LogP contribution in [-0.4, -0.2) is 21.0 Å². The summed E-state index contributed by atoms with van der Waals surface area (Å²) in [5.74, 6) is -1.16. The van der Waals surface area contributed by atoms with Crippen molar-refractivity contribution >= 4 is 34.9 Å². The van der Waals surface area contributed by atoms with Gasteiger partial charge in [-0.05, 0) is 18.2 Å². The molecule has 9 heteroatoms. The van der Waals surface area contributed by atoms with Crippen LogP contribution in [0.2, 0.25) is 10.0 Å². The number of carbonyl (C=O) groups is 1. The minimum absolute atomic E-state index is 0.0533. The predicted octanol–water partition coefficient (Wildman–Crippen LogP) is 3.79. The molecule has 0 unspecified atom stereocenters. The number of rotatable bonds is 4. The Morgan fingerprint density at radius 3 is 2.57 bits per heavy atom. The van der Waals surface area contributed by atoms with E-state index < -0.39 is 10.9 Å². The van der Waals surface area contributed by atoms with Gasteiger partial charge in [-0.25, -0.2) is 9.78 Å². The number of hydrogen-bond donors (Lipinski definition) is 1. The van der Waals surface area contributed by atoms with Gasteiger partial charge in [0.25, 0.3) is 5.69 Å². The van der Waals surface area contributed by atoms with Crippen LogP contribution in [0.5, 0.6) is 11.6 Å². The van der Waals surface area contributed by atoms with Crippen molar-refractivity contribution in [1.82, 2.24) is 4.98 Å². The first kappa shape index (κ1) is 15.0. The maximum Gasteiger partial charge on any atom is 0.337 e. The van der Waals surface area contributed by atoms with Gasteiger partial charge in [-0.15, -0.1) is 0 Å². The minimum atomic E-state index is -1.21. The van der Waals surface area contributed by atoms with E-state index in [0.29, 0.717) is 0 Å². The number of carboxylic acids is 1. The van der Waals surface area contributed by atoms with Crippen molar-refractivity contribution in [1.29, 1.82) is 0 Å². The number of aromatic nitrogens is 1. The Kier molecular flexibility index (Phi) is 4.25. The topological polar surface area (TPSA) is 103 Å². The third-order valence-electron chi connectivity index (χ3n) is 2.39. The molecule has 2 aromatic rings. The summed E-state index contributed by atoms with van der Waals surface area (Å²) < 4.78 is 5.30. The molecule has 0 spiro atoms. The van der Waals surface area contributed by atoms with Gasteiger partial charge in [-0.1, -0.05) is 23.2 Å². The van der Waals surface area contributed by atoms with Gasteiger partial charge >= 0.3 is 5.97 Å². The molecule has 1 heterocycles. The lowest BCUT2D eigenvalue weighted by Crippen LogP contribution is -1.98. The fourth-order valence-electron chi connectivity index (χ4n) is 1.43. The lowest BCUT2D eigenvalue weighted by atomic mass is 10.2. The van der Waals surface area contributed by atoms with E-state index in [1.807, 2.05) is 0 Å². The van der Waals surface area contributed by atoms with Crippen molar-refractivity contribution in [2.24, 2.45) is 0 Å². The summed E-state index contributed by atoms with van der Waals surface area (Å²) in [6.07, 6.45) is 0.981. The number of nitro groups is 1. The van der Waals surface area contributed by atoms with Crippen molar-refractivity contribution in [2.75, 3.05) is 0 Å². The van der Waals surface area contributed by atoms with Gasteiger partial charge < -0.3 is 9.84 Å². The number of pyridine rings is 1. The second kappa shape index (κ2) is 5.94. The maximum absolute atomic E-state index is 11.0. The Hall–Kier alpha value is -2.38. The van der Waals surface area contributed by atoms with E-state index >= 15 is 0 Å². The molecule has 0 bridgehead atoms. The Morgan fingerprint density at radius 2 is 2.00 bits per heavy atom. The molecule has 0 fully saturated rings. The molecular formula is C12H6Cl2N2O5. The van der Waals surface area contributed by atoms with Gasteiger partial charge in [-0.3, -0.25) is 10.1 Å². The summed E-state index contributed by atoms with van der Waals surface area (Å²) in [4.78, 5) is 24.6. The largest absolute Gasteiger partial charge is 0.478 e. The maximum atomic E-state index is 11.0. The number of hydrogen-bond acceptors (Lipinski definition) is 5.